The molecule has 1 atom stereocenters. The zero-order valence-corrected chi connectivity index (χ0v) is 18.8. The molecule has 0 spiro atoms. The molecule has 3 aromatic carbocycles. The highest BCUT2D eigenvalue weighted by Gasteiger charge is 2.38. The lowest BCUT2D eigenvalue weighted by Gasteiger charge is -2.26. The second-order valence-electron chi connectivity index (χ2n) is 7.87. The van der Waals surface area contributed by atoms with E-state index in [1.54, 1.807) is 54.7 Å². The zero-order chi connectivity index (χ0) is 24.6. The fourth-order valence-corrected chi connectivity index (χ4v) is 3.70. The van der Waals surface area contributed by atoms with Crippen molar-refractivity contribution in [1.29, 1.82) is 0 Å². The standard InChI is InChI=1S/C27H24N2O6/c30-25(31)24(15-21-16-28-23-14-8-7-13-22(21)23)29(26(32)34-17-19-9-3-1-4-10-19)27(33)35-18-20-11-5-2-6-12-20/h1-14,16,24,28H,15,17-18H2,(H,30,31)/t24-/m1/s1. The normalized spacial score (nSPS) is 11.5. The lowest BCUT2D eigenvalue weighted by atomic mass is 10.0. The number of nitrogens with one attached hydrogen (secondary N) is 1. The number of H-pyrrole nitrogens is 1. The molecule has 1 heterocycles. The molecule has 0 bridgehead atoms. The third-order valence-corrected chi connectivity index (χ3v) is 5.49. The summed E-state index contributed by atoms with van der Waals surface area (Å²) in [5.74, 6) is -1.36. The number of carbonyl (C=O) groups excluding carboxylic acids is 2. The number of fused-ring (bicyclic) bond motifs is 1. The maximum atomic E-state index is 13.0. The second-order valence-corrected chi connectivity index (χ2v) is 7.87. The number of aromatic nitrogens is 1. The van der Waals surface area contributed by atoms with E-state index >= 15 is 0 Å². The predicted octanol–water partition coefficient (Wildman–Crippen LogP) is 5.14. The molecule has 8 nitrogen and oxygen atoms in total. The number of hydrogen-bond donors (Lipinski definition) is 2. The number of rotatable bonds is 8. The Morgan fingerprint density at radius 3 is 1.83 bits per heavy atom. The van der Waals surface area contributed by atoms with Gasteiger partial charge in [0.25, 0.3) is 0 Å². The summed E-state index contributed by atoms with van der Waals surface area (Å²) in [5.41, 5.74) is 2.85. The molecule has 0 saturated carbocycles. The van der Waals surface area contributed by atoms with Crippen LogP contribution in [0.2, 0.25) is 0 Å². The molecule has 0 radical (unpaired) electrons. The average Bonchev–Trinajstić information content (AvgIpc) is 3.30. The molecule has 0 fully saturated rings. The first-order chi connectivity index (χ1) is 17.0. The Morgan fingerprint density at radius 2 is 1.29 bits per heavy atom. The van der Waals surface area contributed by atoms with Crippen molar-refractivity contribution in [1.82, 2.24) is 9.88 Å². The van der Waals surface area contributed by atoms with Crippen LogP contribution in [0.4, 0.5) is 9.59 Å². The molecule has 0 unspecified atom stereocenters. The van der Waals surface area contributed by atoms with Crippen LogP contribution in [0.3, 0.4) is 0 Å². The van der Waals surface area contributed by atoms with E-state index in [4.69, 9.17) is 9.47 Å². The van der Waals surface area contributed by atoms with Crippen molar-refractivity contribution in [3.63, 3.8) is 0 Å². The first kappa shape index (κ1) is 23.6. The molecule has 4 aromatic rings. The number of aliphatic carboxylic acids is 1. The monoisotopic (exact) mass is 472 g/mol. The molecule has 1 aromatic heterocycles. The zero-order valence-electron chi connectivity index (χ0n) is 18.8. The molecule has 8 heteroatoms. The maximum absolute atomic E-state index is 13.0. The van der Waals surface area contributed by atoms with Crippen molar-refractivity contribution >= 4 is 29.1 Å². The van der Waals surface area contributed by atoms with Gasteiger partial charge < -0.3 is 19.6 Å². The van der Waals surface area contributed by atoms with Gasteiger partial charge in [-0.1, -0.05) is 78.9 Å². The van der Waals surface area contributed by atoms with E-state index in [1.807, 2.05) is 36.4 Å². The Bertz CT molecular complexity index is 1250. The van der Waals surface area contributed by atoms with Crippen LogP contribution >= 0.6 is 0 Å². The van der Waals surface area contributed by atoms with Gasteiger partial charge in [0, 0.05) is 23.5 Å². The molecule has 4 rings (SSSR count). The van der Waals surface area contributed by atoms with Crippen LogP contribution in [0.5, 0.6) is 0 Å². The predicted molar refractivity (Wildman–Crippen MR) is 129 cm³/mol. The highest BCUT2D eigenvalue weighted by Crippen LogP contribution is 2.22. The second kappa shape index (κ2) is 11.0. The molecule has 0 aliphatic carbocycles. The van der Waals surface area contributed by atoms with Gasteiger partial charge in [0.1, 0.15) is 19.3 Å². The number of imide groups is 1. The van der Waals surface area contributed by atoms with Gasteiger partial charge in [0.15, 0.2) is 0 Å². The van der Waals surface area contributed by atoms with Gasteiger partial charge in [-0.2, -0.15) is 4.90 Å². The van der Waals surface area contributed by atoms with Crippen molar-refractivity contribution in [2.45, 2.75) is 25.7 Å². The summed E-state index contributed by atoms with van der Waals surface area (Å²) < 4.78 is 10.6. The topological polar surface area (TPSA) is 109 Å². The quantitative estimate of drug-likeness (QED) is 0.368. The Balaban J connectivity index is 1.58. The number of ether oxygens (including phenoxy) is 2. The van der Waals surface area contributed by atoms with Crippen LogP contribution in [0.1, 0.15) is 16.7 Å². The van der Waals surface area contributed by atoms with Crippen LogP contribution in [-0.2, 0) is 33.9 Å². The molecule has 0 aliphatic rings. The number of benzene rings is 3. The molecule has 2 N–H and O–H groups in total. The summed E-state index contributed by atoms with van der Waals surface area (Å²) in [6, 6.07) is 23.6. The summed E-state index contributed by atoms with van der Waals surface area (Å²) in [6.45, 7) is -0.247. The number of carboxylic acid groups (broad SMARTS) is 1. The van der Waals surface area contributed by atoms with E-state index < -0.39 is 24.2 Å². The molecule has 0 aliphatic heterocycles. The fraction of sp³-hybridized carbons (Fsp3) is 0.148. The van der Waals surface area contributed by atoms with Crippen molar-refractivity contribution in [2.75, 3.05) is 0 Å². The van der Waals surface area contributed by atoms with Crippen LogP contribution in [0.15, 0.2) is 91.1 Å². The fourth-order valence-electron chi connectivity index (χ4n) is 3.70. The number of aromatic amines is 1. The molecular weight excluding hydrogens is 448 g/mol. The summed E-state index contributed by atoms with van der Waals surface area (Å²) in [7, 11) is 0. The van der Waals surface area contributed by atoms with Gasteiger partial charge in [-0.15, -0.1) is 0 Å². The summed E-state index contributed by atoms with van der Waals surface area (Å²) >= 11 is 0. The van der Waals surface area contributed by atoms with Crippen molar-refractivity contribution < 1.29 is 29.0 Å². The minimum absolute atomic E-state index is 0.123. The first-order valence-corrected chi connectivity index (χ1v) is 11.0. The van der Waals surface area contributed by atoms with Gasteiger partial charge >= 0.3 is 18.2 Å². The van der Waals surface area contributed by atoms with Gasteiger partial charge in [0.05, 0.1) is 0 Å². The van der Waals surface area contributed by atoms with Crippen molar-refractivity contribution in [2.24, 2.45) is 0 Å². The minimum atomic E-state index is -1.54. The van der Waals surface area contributed by atoms with E-state index in [0.717, 1.165) is 10.9 Å². The Hall–Kier alpha value is -4.59. The number of carbonyl (C=O) groups is 3. The lowest BCUT2D eigenvalue weighted by molar-refractivity contribution is -0.142. The molecular formula is C27H24N2O6. The van der Waals surface area contributed by atoms with Gasteiger partial charge in [0.2, 0.25) is 0 Å². The van der Waals surface area contributed by atoms with Crippen molar-refractivity contribution in [3.8, 4) is 0 Å². The summed E-state index contributed by atoms with van der Waals surface area (Å²) in [5, 5.41) is 10.8. The lowest BCUT2D eigenvalue weighted by Crippen LogP contribution is -2.50. The highest BCUT2D eigenvalue weighted by atomic mass is 16.6. The smallest absolute Gasteiger partial charge is 0.420 e. The van der Waals surface area contributed by atoms with Gasteiger partial charge in [-0.05, 0) is 22.8 Å². The third kappa shape index (κ3) is 5.86. The van der Waals surface area contributed by atoms with Crippen molar-refractivity contribution in [3.05, 3.63) is 108 Å². The average molecular weight is 472 g/mol. The minimum Gasteiger partial charge on any atom is -0.480 e. The van der Waals surface area contributed by atoms with E-state index in [9.17, 15) is 19.5 Å². The molecule has 0 saturated heterocycles. The van der Waals surface area contributed by atoms with E-state index in [0.29, 0.717) is 21.6 Å². The highest BCUT2D eigenvalue weighted by molar-refractivity contribution is 5.94. The largest absolute Gasteiger partial charge is 0.480 e. The number of carboxylic acids is 1. The number of nitrogens with zero attached hydrogens (tertiary/aromatic N) is 1. The Labute approximate surface area is 201 Å². The molecule has 178 valence electrons. The maximum Gasteiger partial charge on any atom is 0.420 e. The van der Waals surface area contributed by atoms with Gasteiger partial charge in [-0.3, -0.25) is 0 Å². The first-order valence-electron chi connectivity index (χ1n) is 11.0. The van der Waals surface area contributed by atoms with Crippen LogP contribution < -0.4 is 0 Å². The van der Waals surface area contributed by atoms with E-state index in [1.165, 1.54) is 0 Å². The van der Waals surface area contributed by atoms with E-state index in [-0.39, 0.29) is 19.6 Å². The van der Waals surface area contributed by atoms with Crippen LogP contribution in [0, 0.1) is 0 Å². The Kier molecular flexibility index (Phi) is 7.42. The van der Waals surface area contributed by atoms with Crippen LogP contribution in [-0.4, -0.2) is 39.2 Å². The van der Waals surface area contributed by atoms with Gasteiger partial charge in [-0.25, -0.2) is 14.4 Å². The Morgan fingerprint density at radius 1 is 0.771 bits per heavy atom. The number of amides is 2. The van der Waals surface area contributed by atoms with E-state index in [2.05, 4.69) is 4.98 Å². The summed E-state index contributed by atoms with van der Waals surface area (Å²) in [6.07, 6.45) is -0.651. The molecule has 2 amide bonds. The third-order valence-electron chi connectivity index (χ3n) is 5.49. The number of hydrogen-bond acceptors (Lipinski definition) is 5. The molecule has 35 heavy (non-hydrogen) atoms. The SMILES string of the molecule is O=C(O)[C@@H](Cc1c[nH]c2ccccc12)N(C(=O)OCc1ccccc1)C(=O)OCc1ccccc1. The van der Waals surface area contributed by atoms with Crippen LogP contribution in [0.25, 0.3) is 10.9 Å². The summed E-state index contributed by atoms with van der Waals surface area (Å²) in [4.78, 5) is 42.0. The number of para-hydroxylation sites is 1.